The van der Waals surface area contributed by atoms with E-state index in [1.165, 1.54) is 12.1 Å². The minimum Gasteiger partial charge on any atom is -0.405 e. The first-order valence-corrected chi connectivity index (χ1v) is 10.6. The molecular formula is C23H26F3IN4O2. The van der Waals surface area contributed by atoms with Crippen LogP contribution in [0.3, 0.4) is 0 Å². The van der Waals surface area contributed by atoms with E-state index in [9.17, 15) is 18.0 Å². The van der Waals surface area contributed by atoms with Gasteiger partial charge in [0.1, 0.15) is 5.75 Å². The molecule has 0 saturated heterocycles. The zero-order chi connectivity index (χ0) is 22.7. The predicted octanol–water partition coefficient (Wildman–Crippen LogP) is 4.74. The lowest BCUT2D eigenvalue weighted by molar-refractivity contribution is -0.274. The summed E-state index contributed by atoms with van der Waals surface area (Å²) in [6.45, 7) is 3.00. The third-order valence-electron chi connectivity index (χ3n) is 5.58. The zero-order valence-corrected chi connectivity index (χ0v) is 20.3. The molecule has 0 radical (unpaired) electrons. The number of anilines is 1. The van der Waals surface area contributed by atoms with Gasteiger partial charge < -0.3 is 20.7 Å². The van der Waals surface area contributed by atoms with E-state index in [0.717, 1.165) is 11.3 Å². The molecule has 4 rings (SSSR count). The van der Waals surface area contributed by atoms with Crippen LogP contribution >= 0.6 is 24.0 Å². The largest absolute Gasteiger partial charge is 0.573 e. The number of guanidine groups is 1. The third-order valence-corrected chi connectivity index (χ3v) is 5.58. The third kappa shape index (κ3) is 6.52. The van der Waals surface area contributed by atoms with E-state index in [1.807, 2.05) is 31.2 Å². The number of carbonyl (C=O) groups excluding carboxylic acids is 1. The normalized spacial score (nSPS) is 21.9. The lowest BCUT2D eigenvalue weighted by Crippen LogP contribution is -2.39. The topological polar surface area (TPSA) is 74.8 Å². The molecule has 1 heterocycles. The van der Waals surface area contributed by atoms with Crippen molar-refractivity contribution in [3.63, 3.8) is 0 Å². The predicted molar refractivity (Wildman–Crippen MR) is 131 cm³/mol. The molecule has 6 nitrogen and oxygen atoms in total. The van der Waals surface area contributed by atoms with Gasteiger partial charge in [-0.15, -0.1) is 37.1 Å². The summed E-state index contributed by atoms with van der Waals surface area (Å²) in [6, 6.07) is 13.9. The van der Waals surface area contributed by atoms with Gasteiger partial charge in [0.15, 0.2) is 5.96 Å². The second-order valence-electron chi connectivity index (χ2n) is 7.93. The van der Waals surface area contributed by atoms with Gasteiger partial charge >= 0.3 is 6.36 Å². The number of benzene rings is 2. The summed E-state index contributed by atoms with van der Waals surface area (Å²) < 4.78 is 42.4. The molecule has 1 amide bonds. The molecule has 1 aliphatic carbocycles. The molecule has 3 unspecified atom stereocenters. The number of nitrogens with one attached hydrogen (secondary N) is 3. The SMILES string of the molecule is CCNC(=NCC1CC(=O)Nc2ccccc21)NC1CC1c1ccccc1OC(F)(F)F.I. The lowest BCUT2D eigenvalue weighted by atomic mass is 9.91. The van der Waals surface area contributed by atoms with Crippen LogP contribution < -0.4 is 20.7 Å². The van der Waals surface area contributed by atoms with Crippen molar-refractivity contribution in [3.8, 4) is 5.75 Å². The minimum atomic E-state index is -4.73. The smallest absolute Gasteiger partial charge is 0.405 e. The maximum absolute atomic E-state index is 12.7. The average Bonchev–Trinajstić information content (AvgIpc) is 3.50. The first-order chi connectivity index (χ1) is 15.3. The summed E-state index contributed by atoms with van der Waals surface area (Å²) >= 11 is 0. The average molecular weight is 574 g/mol. The Labute approximate surface area is 207 Å². The Bertz CT molecular complexity index is 1020. The van der Waals surface area contributed by atoms with Gasteiger partial charge in [0.05, 0.1) is 6.54 Å². The Morgan fingerprint density at radius 3 is 2.58 bits per heavy atom. The number of carbonyl (C=O) groups is 1. The highest BCUT2D eigenvalue weighted by Gasteiger charge is 2.42. The van der Waals surface area contributed by atoms with E-state index >= 15 is 0 Å². The van der Waals surface area contributed by atoms with Crippen LogP contribution in [0.5, 0.6) is 5.75 Å². The van der Waals surface area contributed by atoms with Crippen LogP contribution in [0.25, 0.3) is 0 Å². The Hall–Kier alpha value is -2.50. The summed E-state index contributed by atoms with van der Waals surface area (Å²) in [6.07, 6.45) is -3.70. The standard InChI is InChI=1S/C23H25F3N4O2.HI/c1-2-27-22(28-13-14-11-21(31)29-18-9-5-3-7-15(14)18)30-19-12-17(19)16-8-4-6-10-20(16)32-23(24,25)26;/h3-10,14,17,19H,2,11-13H2,1H3,(H,29,31)(H2,27,28,30);1H. The maximum Gasteiger partial charge on any atom is 0.573 e. The summed E-state index contributed by atoms with van der Waals surface area (Å²) in [5.74, 6) is 0.244. The van der Waals surface area contributed by atoms with E-state index in [0.29, 0.717) is 37.5 Å². The number of rotatable bonds is 6. The number of hydrogen-bond acceptors (Lipinski definition) is 3. The van der Waals surface area contributed by atoms with Crippen LogP contribution in [-0.4, -0.2) is 37.4 Å². The zero-order valence-electron chi connectivity index (χ0n) is 18.0. The molecule has 2 aliphatic rings. The maximum atomic E-state index is 12.7. The van der Waals surface area contributed by atoms with Crippen LogP contribution in [-0.2, 0) is 4.79 Å². The molecule has 3 N–H and O–H groups in total. The van der Waals surface area contributed by atoms with Gasteiger partial charge in [0.2, 0.25) is 5.91 Å². The second-order valence-corrected chi connectivity index (χ2v) is 7.93. The minimum absolute atomic E-state index is 0. The van der Waals surface area contributed by atoms with Gasteiger partial charge in [-0.1, -0.05) is 36.4 Å². The number of para-hydroxylation sites is 2. The van der Waals surface area contributed by atoms with E-state index in [1.54, 1.807) is 12.1 Å². The number of alkyl halides is 3. The van der Waals surface area contributed by atoms with Crippen LogP contribution in [0.2, 0.25) is 0 Å². The Morgan fingerprint density at radius 1 is 1.15 bits per heavy atom. The molecule has 2 aromatic carbocycles. The first-order valence-electron chi connectivity index (χ1n) is 10.6. The Morgan fingerprint density at radius 2 is 1.85 bits per heavy atom. The molecule has 0 aromatic heterocycles. The van der Waals surface area contributed by atoms with E-state index < -0.39 is 6.36 Å². The number of aliphatic imine (C=N–C) groups is 1. The molecule has 3 atom stereocenters. The van der Waals surface area contributed by atoms with Crippen molar-refractivity contribution in [2.45, 2.75) is 44.0 Å². The van der Waals surface area contributed by atoms with Gasteiger partial charge in [-0.25, -0.2) is 0 Å². The summed E-state index contributed by atoms with van der Waals surface area (Å²) in [5, 5.41) is 9.37. The molecule has 0 bridgehead atoms. The Kier molecular flexibility index (Phi) is 8.09. The number of nitrogens with zero attached hydrogens (tertiary/aromatic N) is 1. The molecule has 10 heteroatoms. The fourth-order valence-electron chi connectivity index (χ4n) is 4.06. The van der Waals surface area contributed by atoms with Gasteiger partial charge in [-0.2, -0.15) is 0 Å². The first kappa shape index (κ1) is 25.1. The van der Waals surface area contributed by atoms with Crippen molar-refractivity contribution in [1.29, 1.82) is 0 Å². The van der Waals surface area contributed by atoms with Crippen molar-refractivity contribution < 1.29 is 22.7 Å². The fraction of sp³-hybridized carbons (Fsp3) is 0.391. The molecule has 0 spiro atoms. The highest BCUT2D eigenvalue weighted by molar-refractivity contribution is 14.0. The van der Waals surface area contributed by atoms with E-state index in [4.69, 9.17) is 0 Å². The number of hydrogen-bond donors (Lipinski definition) is 3. The fourth-order valence-corrected chi connectivity index (χ4v) is 4.06. The number of halogens is 4. The van der Waals surface area contributed by atoms with E-state index in [-0.39, 0.29) is 53.5 Å². The lowest BCUT2D eigenvalue weighted by Gasteiger charge is -2.24. The van der Waals surface area contributed by atoms with Crippen LogP contribution in [0.15, 0.2) is 53.5 Å². The number of ether oxygens (including phenoxy) is 1. The van der Waals surface area contributed by atoms with Crippen molar-refractivity contribution in [2.75, 3.05) is 18.4 Å². The summed E-state index contributed by atoms with van der Waals surface area (Å²) in [4.78, 5) is 16.7. The van der Waals surface area contributed by atoms with Gasteiger partial charge in [0, 0.05) is 36.5 Å². The number of amides is 1. The van der Waals surface area contributed by atoms with Gasteiger partial charge in [-0.3, -0.25) is 9.79 Å². The van der Waals surface area contributed by atoms with Crippen molar-refractivity contribution >= 4 is 41.5 Å². The summed E-state index contributed by atoms with van der Waals surface area (Å²) in [5.41, 5.74) is 2.38. The van der Waals surface area contributed by atoms with Gasteiger partial charge in [0.25, 0.3) is 0 Å². The quantitative estimate of drug-likeness (QED) is 0.265. The second kappa shape index (κ2) is 10.6. The van der Waals surface area contributed by atoms with Crippen LogP contribution in [0, 0.1) is 0 Å². The molecule has 2 aromatic rings. The molecule has 33 heavy (non-hydrogen) atoms. The van der Waals surface area contributed by atoms with Crippen molar-refractivity contribution in [2.24, 2.45) is 4.99 Å². The van der Waals surface area contributed by atoms with Crippen molar-refractivity contribution in [3.05, 3.63) is 59.7 Å². The van der Waals surface area contributed by atoms with Crippen LogP contribution in [0.1, 0.15) is 42.7 Å². The number of fused-ring (bicyclic) bond motifs is 1. The molecule has 178 valence electrons. The highest BCUT2D eigenvalue weighted by atomic mass is 127. The molecule has 1 fully saturated rings. The van der Waals surface area contributed by atoms with Crippen LogP contribution in [0.4, 0.5) is 18.9 Å². The van der Waals surface area contributed by atoms with Crippen molar-refractivity contribution in [1.82, 2.24) is 10.6 Å². The highest BCUT2D eigenvalue weighted by Crippen LogP contribution is 2.45. The monoisotopic (exact) mass is 574 g/mol. The summed E-state index contributed by atoms with van der Waals surface area (Å²) in [7, 11) is 0. The molecule has 1 saturated carbocycles. The van der Waals surface area contributed by atoms with Gasteiger partial charge in [-0.05, 0) is 36.6 Å². The Balaban J connectivity index is 0.00000306. The van der Waals surface area contributed by atoms with E-state index in [2.05, 4.69) is 25.7 Å². The molecular weight excluding hydrogens is 548 g/mol. The molecule has 1 aliphatic heterocycles.